The average molecular weight is 878 g/mol. The monoisotopic (exact) mass is 877 g/mol. The summed E-state index contributed by atoms with van der Waals surface area (Å²) in [5.41, 5.74) is 2.28. The van der Waals surface area contributed by atoms with Gasteiger partial charge in [0.05, 0.1) is 40.3 Å². The second kappa shape index (κ2) is 24.9. The summed E-state index contributed by atoms with van der Waals surface area (Å²) in [6.07, 6.45) is 20.5. The van der Waals surface area contributed by atoms with Gasteiger partial charge in [-0.2, -0.15) is 0 Å². The number of ether oxygens (including phenoxy) is 2. The van der Waals surface area contributed by atoms with Crippen LogP contribution in [0.5, 0.6) is 11.5 Å². The van der Waals surface area contributed by atoms with Crippen LogP contribution in [0.1, 0.15) is 108 Å². The molecule has 0 saturated carbocycles. The molecule has 0 fully saturated rings. The number of fused-ring (bicyclic) bond motifs is 1. The minimum absolute atomic E-state index is 0.0820. The number of aromatic nitrogens is 3. The van der Waals surface area contributed by atoms with Crippen LogP contribution in [-0.4, -0.2) is 53.3 Å². The van der Waals surface area contributed by atoms with Crippen molar-refractivity contribution in [3.8, 4) is 17.2 Å². The largest absolute Gasteiger partial charge is 0.491 e. The van der Waals surface area contributed by atoms with Crippen molar-refractivity contribution in [3.63, 3.8) is 0 Å². The molecule has 2 heterocycles. The number of hydrogen-bond acceptors (Lipinski definition) is 9. The van der Waals surface area contributed by atoms with E-state index in [0.717, 1.165) is 30.5 Å². The van der Waals surface area contributed by atoms with Gasteiger partial charge < -0.3 is 24.7 Å². The Morgan fingerprint density at radius 3 is 2.14 bits per heavy atom. The van der Waals surface area contributed by atoms with E-state index in [4.69, 9.17) is 19.5 Å². The number of H-pyrrole nitrogens is 1. The highest BCUT2D eigenvalue weighted by atomic mass is 16.5. The molecule has 2 N–H and O–H groups in total. The van der Waals surface area contributed by atoms with Gasteiger partial charge in [-0.15, -0.1) is 0 Å². The third kappa shape index (κ3) is 14.1. The Bertz CT molecular complexity index is 2650. The van der Waals surface area contributed by atoms with Crippen LogP contribution in [-0.2, 0) is 4.79 Å². The highest BCUT2D eigenvalue weighted by molar-refractivity contribution is 6.48. The molecule has 12 nitrogen and oxygen atoms in total. The molecule has 2 aromatic heterocycles. The molecular weight excluding hydrogens is 815 g/mol. The van der Waals surface area contributed by atoms with Crippen molar-refractivity contribution in [3.05, 3.63) is 141 Å². The topological polar surface area (TPSA) is 143 Å². The highest BCUT2D eigenvalue weighted by Gasteiger charge is 2.25. The van der Waals surface area contributed by atoms with Gasteiger partial charge in [-0.05, 0) is 79.6 Å². The molecule has 4 aromatic carbocycles. The first-order valence-electron chi connectivity index (χ1n) is 23.1. The number of amides is 1. The number of pyridine rings is 1. The van der Waals surface area contributed by atoms with Crippen molar-refractivity contribution in [1.29, 1.82) is 0 Å². The maximum atomic E-state index is 15.0. The zero-order valence-corrected chi connectivity index (χ0v) is 38.4. The molecule has 65 heavy (non-hydrogen) atoms. The molecule has 0 bridgehead atoms. The van der Waals surface area contributed by atoms with Gasteiger partial charge >= 0.3 is 0 Å². The number of aliphatic imine (C=N–C) groups is 2. The van der Waals surface area contributed by atoms with Crippen molar-refractivity contribution in [1.82, 2.24) is 14.5 Å². The lowest BCUT2D eigenvalue weighted by atomic mass is 10.0. The fraction of sp³-hybridized carbons (Fsp3) is 0.358. The second-order valence-electron chi connectivity index (χ2n) is 16.6. The second-order valence-corrected chi connectivity index (χ2v) is 16.6. The van der Waals surface area contributed by atoms with Crippen LogP contribution < -0.4 is 30.8 Å². The molecule has 0 saturated heterocycles. The Morgan fingerprint density at radius 2 is 1.45 bits per heavy atom. The number of aryl methyl sites for hydroxylation is 1. The normalized spacial score (nSPS) is 11.6. The Morgan fingerprint density at radius 1 is 0.769 bits per heavy atom. The summed E-state index contributed by atoms with van der Waals surface area (Å²) in [6.45, 7) is 4.69. The van der Waals surface area contributed by atoms with Gasteiger partial charge in [0.25, 0.3) is 11.5 Å². The molecule has 0 atom stereocenters. The van der Waals surface area contributed by atoms with Crippen molar-refractivity contribution >= 4 is 51.7 Å². The SMILES string of the molecule is CCCCCCCCCCCCCCCCOc1ccc(C)cc1NC(=O)C(=Nc1ccc(N(C)C)cc1N=COc1ccccc1)c1nc2ccccc2c(=O)n1-c1cc[nH]c(=O)c1. The lowest BCUT2D eigenvalue weighted by Gasteiger charge is -2.18. The molecule has 12 heteroatoms. The quantitative estimate of drug-likeness (QED) is 0.0331. The lowest BCUT2D eigenvalue weighted by Crippen LogP contribution is -2.33. The summed E-state index contributed by atoms with van der Waals surface area (Å²) >= 11 is 0. The summed E-state index contributed by atoms with van der Waals surface area (Å²) in [5, 5.41) is 3.35. The van der Waals surface area contributed by atoms with Crippen LogP contribution in [0.3, 0.4) is 0 Å². The third-order valence-corrected chi connectivity index (χ3v) is 11.2. The first-order chi connectivity index (χ1) is 31.7. The van der Waals surface area contributed by atoms with Gasteiger partial charge in [0.2, 0.25) is 5.56 Å². The molecule has 6 rings (SSSR count). The van der Waals surface area contributed by atoms with Gasteiger partial charge in [-0.3, -0.25) is 19.0 Å². The minimum Gasteiger partial charge on any atom is -0.491 e. The number of benzene rings is 4. The number of nitrogens with zero attached hydrogens (tertiary/aromatic N) is 5. The van der Waals surface area contributed by atoms with Gasteiger partial charge in [0.15, 0.2) is 17.9 Å². The number of para-hydroxylation sites is 2. The van der Waals surface area contributed by atoms with E-state index >= 15 is 0 Å². The first-order valence-corrected chi connectivity index (χ1v) is 23.1. The molecule has 0 aliphatic heterocycles. The fourth-order valence-electron chi connectivity index (χ4n) is 7.58. The molecule has 1 amide bonds. The van der Waals surface area contributed by atoms with Gasteiger partial charge in [-0.1, -0.05) is 127 Å². The zero-order chi connectivity index (χ0) is 45.8. The van der Waals surface area contributed by atoms with E-state index in [0.29, 0.717) is 46.1 Å². The number of nitrogens with one attached hydrogen (secondary N) is 2. The van der Waals surface area contributed by atoms with Gasteiger partial charge in [0, 0.05) is 32.0 Å². The van der Waals surface area contributed by atoms with Crippen molar-refractivity contribution in [2.24, 2.45) is 9.98 Å². The van der Waals surface area contributed by atoms with Crippen LogP contribution in [0.2, 0.25) is 0 Å². The number of aromatic amines is 1. The lowest BCUT2D eigenvalue weighted by molar-refractivity contribution is -0.110. The Kier molecular flexibility index (Phi) is 18.2. The number of hydrogen-bond donors (Lipinski definition) is 2. The van der Waals surface area contributed by atoms with Crippen LogP contribution in [0, 0.1) is 6.92 Å². The van der Waals surface area contributed by atoms with E-state index < -0.39 is 17.0 Å². The predicted molar refractivity (Wildman–Crippen MR) is 266 cm³/mol. The summed E-state index contributed by atoms with van der Waals surface area (Å²) in [6, 6.07) is 30.0. The summed E-state index contributed by atoms with van der Waals surface area (Å²) in [5.74, 6) is 0.356. The third-order valence-electron chi connectivity index (χ3n) is 11.2. The van der Waals surface area contributed by atoms with Crippen molar-refractivity contribution in [2.75, 3.05) is 30.9 Å². The van der Waals surface area contributed by atoms with E-state index in [1.165, 1.54) is 93.9 Å². The fourth-order valence-corrected chi connectivity index (χ4v) is 7.58. The van der Waals surface area contributed by atoms with E-state index in [1.807, 2.05) is 86.6 Å². The van der Waals surface area contributed by atoms with Crippen molar-refractivity contribution in [2.45, 2.75) is 104 Å². The molecule has 0 spiro atoms. The smallest absolute Gasteiger partial charge is 0.278 e. The molecule has 340 valence electrons. The number of rotatable bonds is 25. The molecular formula is C53H63N7O5. The number of carbonyl (C=O) groups is 1. The highest BCUT2D eigenvalue weighted by Crippen LogP contribution is 2.34. The van der Waals surface area contributed by atoms with Gasteiger partial charge in [-0.25, -0.2) is 15.0 Å². The molecule has 0 radical (unpaired) electrons. The maximum Gasteiger partial charge on any atom is 0.278 e. The molecule has 6 aromatic rings. The standard InChI is InChI=1S/C53H63N7O5/c1-5-6-7-8-9-10-11-12-13-14-15-16-17-23-34-64-48-31-28-39(2)35-47(48)58-52(62)50(51-57-44-27-22-21-26-43(44)53(63)60(51)41-32-33-54-49(61)37-41)56-45-30-29-40(59(3)4)36-46(45)55-38-65-42-24-19-18-20-25-42/h18-22,24-33,35-38H,5-17,23,34H2,1-4H3,(H,54,61)(H,58,62). The minimum atomic E-state index is -0.662. The molecule has 0 aliphatic rings. The first kappa shape index (κ1) is 47.7. The summed E-state index contributed by atoms with van der Waals surface area (Å²) in [7, 11) is 3.82. The Labute approximate surface area is 382 Å². The summed E-state index contributed by atoms with van der Waals surface area (Å²) < 4.78 is 13.4. The van der Waals surface area contributed by atoms with E-state index in [2.05, 4.69) is 22.2 Å². The maximum absolute atomic E-state index is 15.0. The molecule has 0 aliphatic carbocycles. The van der Waals surface area contributed by atoms with E-state index in [-0.39, 0.29) is 17.2 Å². The predicted octanol–water partition coefficient (Wildman–Crippen LogP) is 11.8. The average Bonchev–Trinajstić information content (AvgIpc) is 3.30. The summed E-state index contributed by atoms with van der Waals surface area (Å²) in [4.78, 5) is 61.2. The van der Waals surface area contributed by atoms with Crippen LogP contribution in [0.4, 0.5) is 22.7 Å². The van der Waals surface area contributed by atoms with Gasteiger partial charge in [0.1, 0.15) is 11.5 Å². The number of carbonyl (C=O) groups excluding carboxylic acids is 1. The Hall–Kier alpha value is -6.82. The number of unbranched alkanes of at least 4 members (excludes halogenated alkanes) is 13. The Balaban J connectivity index is 1.28. The van der Waals surface area contributed by atoms with Crippen LogP contribution in [0.15, 0.2) is 129 Å². The van der Waals surface area contributed by atoms with Crippen LogP contribution in [0.25, 0.3) is 16.6 Å². The zero-order valence-electron chi connectivity index (χ0n) is 38.4. The van der Waals surface area contributed by atoms with E-state index in [9.17, 15) is 14.4 Å². The van der Waals surface area contributed by atoms with Crippen molar-refractivity contribution < 1.29 is 14.3 Å². The molecule has 0 unspecified atom stereocenters. The van der Waals surface area contributed by atoms with E-state index in [1.54, 1.807) is 36.4 Å². The number of anilines is 2. The van der Waals surface area contributed by atoms with Crippen LogP contribution >= 0.6 is 0 Å².